The molecule has 0 unspecified atom stereocenters. The number of nitrogen functional groups attached to an aromatic ring is 1. The Labute approximate surface area is 181 Å². The van der Waals surface area contributed by atoms with E-state index >= 15 is 0 Å². The van der Waals surface area contributed by atoms with Crippen molar-refractivity contribution in [1.82, 2.24) is 24.7 Å². The van der Waals surface area contributed by atoms with Gasteiger partial charge in [-0.15, -0.1) is 0 Å². The zero-order valence-corrected chi connectivity index (χ0v) is 18.2. The third-order valence-corrected chi connectivity index (χ3v) is 6.78. The van der Waals surface area contributed by atoms with E-state index in [4.69, 9.17) is 20.4 Å². The summed E-state index contributed by atoms with van der Waals surface area (Å²) in [6.07, 6.45) is 6.96. The second-order valence-electron chi connectivity index (χ2n) is 8.26. The highest BCUT2D eigenvalue weighted by Crippen LogP contribution is 2.40. The van der Waals surface area contributed by atoms with Gasteiger partial charge in [0.2, 0.25) is 21.9 Å². The Balaban J connectivity index is 1.47. The number of ether oxygens (including phenoxy) is 1. The molecule has 166 valence electrons. The number of hydrogen-bond donors (Lipinski definition) is 2. The highest BCUT2D eigenvalue weighted by molar-refractivity contribution is 7.88. The first-order valence-electron chi connectivity index (χ1n) is 10.4. The molecule has 0 atom stereocenters. The standard InChI is InChI=1S/C19H26N8O3S/c1-31(28,29)25-13-8-14(9-13)27-3-2-15-16(12-10-21-18(20)22-11-12)23-19(24-17(15)27)26-4-6-30-7-5-26/h10-11,13-14,25H,2-9H2,1H3,(H2,20,21,22). The van der Waals surface area contributed by atoms with Crippen molar-refractivity contribution >= 4 is 27.7 Å². The summed E-state index contributed by atoms with van der Waals surface area (Å²) < 4.78 is 31.2. The zero-order valence-electron chi connectivity index (χ0n) is 17.4. The molecule has 1 aliphatic carbocycles. The number of morpholine rings is 1. The van der Waals surface area contributed by atoms with E-state index in [1.807, 2.05) is 0 Å². The van der Waals surface area contributed by atoms with E-state index < -0.39 is 10.0 Å². The van der Waals surface area contributed by atoms with Gasteiger partial charge in [0.05, 0.1) is 25.2 Å². The average Bonchev–Trinajstić information content (AvgIpc) is 3.14. The minimum absolute atomic E-state index is 0.0189. The Bertz CT molecular complexity index is 1070. The molecule has 1 saturated carbocycles. The van der Waals surface area contributed by atoms with Gasteiger partial charge in [-0.05, 0) is 19.3 Å². The molecule has 3 N–H and O–H groups in total. The topological polar surface area (TPSA) is 139 Å². The molecule has 1 saturated heterocycles. The highest BCUT2D eigenvalue weighted by Gasteiger charge is 2.39. The van der Waals surface area contributed by atoms with Crippen molar-refractivity contribution in [3.05, 3.63) is 18.0 Å². The molecule has 4 heterocycles. The Morgan fingerprint density at radius 2 is 1.84 bits per heavy atom. The number of anilines is 3. The third kappa shape index (κ3) is 4.14. The first kappa shape index (κ1) is 20.3. The summed E-state index contributed by atoms with van der Waals surface area (Å²) in [6, 6.07) is 0.234. The Morgan fingerprint density at radius 3 is 2.52 bits per heavy atom. The maximum Gasteiger partial charge on any atom is 0.228 e. The van der Waals surface area contributed by atoms with Crippen LogP contribution in [0.25, 0.3) is 11.3 Å². The highest BCUT2D eigenvalue weighted by atomic mass is 32.2. The fourth-order valence-electron chi connectivity index (χ4n) is 4.47. The Hall–Kier alpha value is -2.57. The van der Waals surface area contributed by atoms with Gasteiger partial charge in [0.1, 0.15) is 5.82 Å². The molecule has 0 radical (unpaired) electrons. The predicted octanol–water partition coefficient (Wildman–Crippen LogP) is -0.205. The molecule has 31 heavy (non-hydrogen) atoms. The van der Waals surface area contributed by atoms with E-state index in [0.717, 1.165) is 61.5 Å². The lowest BCUT2D eigenvalue weighted by molar-refractivity contribution is 0.122. The maximum atomic E-state index is 11.5. The van der Waals surface area contributed by atoms with Gasteiger partial charge in [-0.2, -0.15) is 4.98 Å². The van der Waals surface area contributed by atoms with Crippen LogP contribution in [0.1, 0.15) is 18.4 Å². The van der Waals surface area contributed by atoms with E-state index in [9.17, 15) is 8.42 Å². The van der Waals surface area contributed by atoms with Crippen LogP contribution in [-0.4, -0.2) is 79.5 Å². The number of nitrogens with zero attached hydrogens (tertiary/aromatic N) is 6. The van der Waals surface area contributed by atoms with Crippen LogP contribution in [0.15, 0.2) is 12.4 Å². The van der Waals surface area contributed by atoms with Crippen molar-refractivity contribution in [3.8, 4) is 11.3 Å². The van der Waals surface area contributed by atoms with Crippen LogP contribution >= 0.6 is 0 Å². The fraction of sp³-hybridized carbons (Fsp3) is 0.579. The summed E-state index contributed by atoms with van der Waals surface area (Å²) in [6.45, 7) is 3.59. The summed E-state index contributed by atoms with van der Waals surface area (Å²) in [4.78, 5) is 22.6. The molecule has 2 aliphatic heterocycles. The van der Waals surface area contributed by atoms with Crippen molar-refractivity contribution < 1.29 is 13.2 Å². The van der Waals surface area contributed by atoms with Crippen molar-refractivity contribution in [2.75, 3.05) is 54.6 Å². The van der Waals surface area contributed by atoms with Crippen LogP contribution in [0.2, 0.25) is 0 Å². The molecule has 0 bridgehead atoms. The van der Waals surface area contributed by atoms with Crippen LogP contribution in [0.3, 0.4) is 0 Å². The van der Waals surface area contributed by atoms with Gasteiger partial charge >= 0.3 is 0 Å². The quantitative estimate of drug-likeness (QED) is 0.634. The molecular formula is C19H26N8O3S. The van der Waals surface area contributed by atoms with Crippen LogP contribution in [-0.2, 0) is 21.2 Å². The summed E-state index contributed by atoms with van der Waals surface area (Å²) in [5.74, 6) is 1.82. The summed E-state index contributed by atoms with van der Waals surface area (Å²) in [5, 5.41) is 0. The van der Waals surface area contributed by atoms with E-state index in [0.29, 0.717) is 19.2 Å². The Kier molecular flexibility index (Phi) is 5.15. The minimum Gasteiger partial charge on any atom is -0.378 e. The van der Waals surface area contributed by atoms with Crippen molar-refractivity contribution in [2.24, 2.45) is 0 Å². The molecule has 2 aromatic heterocycles. The zero-order chi connectivity index (χ0) is 21.6. The van der Waals surface area contributed by atoms with Gasteiger partial charge < -0.3 is 20.3 Å². The van der Waals surface area contributed by atoms with Gasteiger partial charge in [0, 0.05) is 55.2 Å². The maximum absolute atomic E-state index is 11.5. The second kappa shape index (κ2) is 7.84. The van der Waals surface area contributed by atoms with Crippen molar-refractivity contribution in [3.63, 3.8) is 0 Å². The number of nitrogens with two attached hydrogens (primary N) is 1. The van der Waals surface area contributed by atoms with Gasteiger partial charge in [0.15, 0.2) is 0 Å². The number of fused-ring (bicyclic) bond motifs is 1. The normalized spacial score (nSPS) is 23.5. The predicted molar refractivity (Wildman–Crippen MR) is 116 cm³/mol. The lowest BCUT2D eigenvalue weighted by atomic mass is 9.86. The molecule has 2 aromatic rings. The fourth-order valence-corrected chi connectivity index (χ4v) is 5.27. The lowest BCUT2D eigenvalue weighted by Gasteiger charge is -2.42. The van der Waals surface area contributed by atoms with Gasteiger partial charge in [0.25, 0.3) is 0 Å². The third-order valence-electron chi connectivity index (χ3n) is 6.02. The molecule has 0 amide bonds. The monoisotopic (exact) mass is 446 g/mol. The number of rotatable bonds is 5. The van der Waals surface area contributed by atoms with Gasteiger partial charge in [-0.3, -0.25) is 0 Å². The second-order valence-corrected chi connectivity index (χ2v) is 10.0. The Morgan fingerprint density at radius 1 is 1.13 bits per heavy atom. The molecule has 2 fully saturated rings. The SMILES string of the molecule is CS(=O)(=O)NC1CC(N2CCc3c(-c4cnc(N)nc4)nc(N4CCOCC4)nc32)C1. The summed E-state index contributed by atoms with van der Waals surface area (Å²) in [5.41, 5.74) is 8.40. The van der Waals surface area contributed by atoms with Crippen molar-refractivity contribution in [1.29, 1.82) is 0 Å². The molecule has 11 nitrogen and oxygen atoms in total. The van der Waals surface area contributed by atoms with E-state index in [1.165, 1.54) is 6.26 Å². The number of aromatic nitrogens is 4. The van der Waals surface area contributed by atoms with E-state index in [2.05, 4.69) is 24.5 Å². The summed E-state index contributed by atoms with van der Waals surface area (Å²) in [7, 11) is -3.20. The van der Waals surface area contributed by atoms with Crippen LogP contribution in [0.4, 0.5) is 17.7 Å². The summed E-state index contributed by atoms with van der Waals surface area (Å²) >= 11 is 0. The molecule has 3 aliphatic rings. The van der Waals surface area contributed by atoms with Gasteiger partial charge in [-0.1, -0.05) is 0 Å². The van der Waals surface area contributed by atoms with Crippen LogP contribution in [0.5, 0.6) is 0 Å². The first-order valence-corrected chi connectivity index (χ1v) is 12.3. The molecular weight excluding hydrogens is 420 g/mol. The van der Waals surface area contributed by atoms with Crippen molar-refractivity contribution in [2.45, 2.75) is 31.3 Å². The smallest absolute Gasteiger partial charge is 0.228 e. The largest absolute Gasteiger partial charge is 0.378 e. The number of hydrogen-bond acceptors (Lipinski definition) is 10. The molecule has 0 spiro atoms. The van der Waals surface area contributed by atoms with Crippen LogP contribution in [0, 0.1) is 0 Å². The number of sulfonamides is 1. The van der Waals surface area contributed by atoms with E-state index in [-0.39, 0.29) is 18.0 Å². The minimum atomic E-state index is -3.20. The van der Waals surface area contributed by atoms with Gasteiger partial charge in [-0.25, -0.2) is 28.1 Å². The average molecular weight is 447 g/mol. The molecule has 12 heteroatoms. The molecule has 5 rings (SSSR count). The molecule has 0 aromatic carbocycles. The first-order chi connectivity index (χ1) is 14.9. The van der Waals surface area contributed by atoms with Crippen LogP contribution < -0.4 is 20.3 Å². The number of nitrogens with one attached hydrogen (secondary N) is 1. The van der Waals surface area contributed by atoms with E-state index in [1.54, 1.807) is 12.4 Å². The lowest BCUT2D eigenvalue weighted by Crippen LogP contribution is -2.53.